The van der Waals surface area contributed by atoms with Crippen LogP contribution in [0.5, 0.6) is 0 Å². The highest BCUT2D eigenvalue weighted by atomic mass is 16.2. The lowest BCUT2D eigenvalue weighted by Gasteiger charge is -2.63. The molecule has 0 aromatic heterocycles. The summed E-state index contributed by atoms with van der Waals surface area (Å²) in [6.07, 6.45) is 3.50. The van der Waals surface area contributed by atoms with E-state index in [1.165, 1.54) is 29.7 Å². The SMILES string of the molecule is C[C@@H]1[C@@H](CN2C(=O)[C@H](Cc3ccccc3)[C@H]2c2ccc(N(C)C)cc2)C[C@H]2C[C@@H]1C2(C)C. The number of carbonyl (C=O) groups is 1. The van der Waals surface area contributed by atoms with E-state index in [4.69, 9.17) is 0 Å². The Morgan fingerprint density at radius 3 is 2.28 bits per heavy atom. The zero-order chi connectivity index (χ0) is 22.6. The summed E-state index contributed by atoms with van der Waals surface area (Å²) in [5.41, 5.74) is 4.24. The van der Waals surface area contributed by atoms with Crippen molar-refractivity contribution in [3.63, 3.8) is 0 Å². The number of nitrogens with zero attached hydrogens (tertiary/aromatic N) is 2. The van der Waals surface area contributed by atoms with Gasteiger partial charge in [0.2, 0.25) is 5.91 Å². The number of likely N-dealkylation sites (tertiary alicyclic amines) is 1. The van der Waals surface area contributed by atoms with Crippen LogP contribution in [0.15, 0.2) is 54.6 Å². The normalized spacial score (nSPS) is 32.8. The molecule has 4 aliphatic rings. The van der Waals surface area contributed by atoms with Crippen LogP contribution in [0.3, 0.4) is 0 Å². The molecule has 2 aromatic rings. The molecule has 1 aliphatic heterocycles. The van der Waals surface area contributed by atoms with Gasteiger partial charge in [-0.25, -0.2) is 0 Å². The first-order valence-corrected chi connectivity index (χ1v) is 12.4. The molecular formula is C29H38N2O. The molecule has 6 atom stereocenters. The molecule has 6 rings (SSSR count). The molecule has 0 radical (unpaired) electrons. The van der Waals surface area contributed by atoms with Crippen LogP contribution in [-0.4, -0.2) is 31.4 Å². The molecule has 3 heteroatoms. The zero-order valence-electron chi connectivity index (χ0n) is 20.3. The first kappa shape index (κ1) is 21.6. The first-order valence-electron chi connectivity index (χ1n) is 12.4. The van der Waals surface area contributed by atoms with Gasteiger partial charge >= 0.3 is 0 Å². The fourth-order valence-electron chi connectivity index (χ4n) is 7.02. The smallest absolute Gasteiger partial charge is 0.229 e. The van der Waals surface area contributed by atoms with Gasteiger partial charge in [0.05, 0.1) is 12.0 Å². The summed E-state index contributed by atoms with van der Waals surface area (Å²) < 4.78 is 0. The number of fused-ring (bicyclic) bond motifs is 2. The van der Waals surface area contributed by atoms with Crippen LogP contribution in [0, 0.1) is 35.0 Å². The van der Waals surface area contributed by atoms with Crippen molar-refractivity contribution in [2.45, 2.75) is 46.1 Å². The van der Waals surface area contributed by atoms with Gasteiger partial charge in [0.1, 0.15) is 0 Å². The molecule has 3 saturated carbocycles. The van der Waals surface area contributed by atoms with E-state index in [9.17, 15) is 4.79 Å². The molecule has 4 fully saturated rings. The molecule has 0 N–H and O–H groups in total. The quantitative estimate of drug-likeness (QED) is 0.540. The number of rotatable bonds is 6. The van der Waals surface area contributed by atoms with Crippen molar-refractivity contribution in [1.29, 1.82) is 0 Å². The summed E-state index contributed by atoms with van der Waals surface area (Å²) in [5.74, 6) is 3.39. The number of hydrogen-bond donors (Lipinski definition) is 0. The van der Waals surface area contributed by atoms with Gasteiger partial charge in [-0.3, -0.25) is 4.79 Å². The van der Waals surface area contributed by atoms with Gasteiger partial charge in [0, 0.05) is 26.3 Å². The van der Waals surface area contributed by atoms with E-state index in [1.807, 2.05) is 6.07 Å². The second kappa shape index (κ2) is 7.93. The van der Waals surface area contributed by atoms with E-state index < -0.39 is 0 Å². The molecule has 2 aromatic carbocycles. The number of anilines is 1. The van der Waals surface area contributed by atoms with E-state index >= 15 is 0 Å². The summed E-state index contributed by atoms with van der Waals surface area (Å²) in [5, 5.41) is 0. The molecule has 0 unspecified atom stereocenters. The highest BCUT2D eigenvalue weighted by Crippen LogP contribution is 2.63. The van der Waals surface area contributed by atoms with Crippen molar-refractivity contribution in [2.75, 3.05) is 25.5 Å². The predicted octanol–water partition coefficient (Wildman–Crippen LogP) is 5.81. The number of β-lactam (4-membered cyclic amide) rings is 1. The van der Waals surface area contributed by atoms with Crippen molar-refractivity contribution in [3.8, 4) is 0 Å². The third kappa shape index (κ3) is 3.45. The van der Waals surface area contributed by atoms with Gasteiger partial charge in [-0.05, 0) is 71.6 Å². The van der Waals surface area contributed by atoms with Crippen molar-refractivity contribution in [2.24, 2.45) is 35.0 Å². The van der Waals surface area contributed by atoms with Crippen molar-refractivity contribution in [3.05, 3.63) is 65.7 Å². The third-order valence-corrected chi connectivity index (χ3v) is 9.31. The Morgan fingerprint density at radius 1 is 1.00 bits per heavy atom. The molecule has 0 spiro atoms. The largest absolute Gasteiger partial charge is 0.378 e. The van der Waals surface area contributed by atoms with Gasteiger partial charge < -0.3 is 9.80 Å². The van der Waals surface area contributed by atoms with Crippen LogP contribution in [0.25, 0.3) is 0 Å². The van der Waals surface area contributed by atoms with E-state index in [2.05, 4.69) is 93.2 Å². The zero-order valence-corrected chi connectivity index (χ0v) is 20.3. The molecule has 1 amide bonds. The predicted molar refractivity (Wildman–Crippen MR) is 132 cm³/mol. The van der Waals surface area contributed by atoms with Gasteiger partial charge in [0.15, 0.2) is 0 Å². The molecule has 1 heterocycles. The maximum atomic E-state index is 13.4. The van der Waals surface area contributed by atoms with Gasteiger partial charge in [-0.1, -0.05) is 63.2 Å². The lowest BCUT2D eigenvalue weighted by Crippen LogP contribution is -2.61. The van der Waals surface area contributed by atoms with Crippen LogP contribution in [0.4, 0.5) is 5.69 Å². The second-order valence-electron chi connectivity index (χ2n) is 11.4. The standard InChI is InChI=1S/C29H38N2O/c1-19-22(16-23-17-26(19)29(23,2)3)18-31-27(21-11-13-24(14-12-21)30(4)5)25(28(31)32)15-20-9-7-6-8-10-20/h6-14,19,22-23,25-27H,15-18H2,1-5H3/t19-,22-,23+,25-,26+,27-/m1/s1. The van der Waals surface area contributed by atoms with Gasteiger partial charge in [-0.15, -0.1) is 0 Å². The summed E-state index contributed by atoms with van der Waals surface area (Å²) in [6, 6.07) is 19.6. The van der Waals surface area contributed by atoms with Crippen LogP contribution >= 0.6 is 0 Å². The summed E-state index contributed by atoms with van der Waals surface area (Å²) in [6.45, 7) is 8.28. The van der Waals surface area contributed by atoms with Crippen LogP contribution in [0.2, 0.25) is 0 Å². The third-order valence-electron chi connectivity index (χ3n) is 9.31. The fraction of sp³-hybridized carbons (Fsp3) is 0.552. The van der Waals surface area contributed by atoms with Crippen molar-refractivity contribution in [1.82, 2.24) is 4.90 Å². The molecule has 170 valence electrons. The number of benzene rings is 2. The maximum Gasteiger partial charge on any atom is 0.229 e. The van der Waals surface area contributed by atoms with Crippen LogP contribution in [-0.2, 0) is 11.2 Å². The monoisotopic (exact) mass is 430 g/mol. The Balaban J connectivity index is 1.38. The highest BCUT2D eigenvalue weighted by Gasteiger charge is 2.57. The van der Waals surface area contributed by atoms with E-state index in [0.717, 1.165) is 24.8 Å². The summed E-state index contributed by atoms with van der Waals surface area (Å²) in [4.78, 5) is 17.8. The Labute approximate surface area is 193 Å². The van der Waals surface area contributed by atoms with E-state index in [-0.39, 0.29) is 12.0 Å². The Morgan fingerprint density at radius 2 is 1.69 bits per heavy atom. The Bertz CT molecular complexity index is 964. The molecular weight excluding hydrogens is 392 g/mol. The first-order chi connectivity index (χ1) is 15.3. The van der Waals surface area contributed by atoms with E-state index in [1.54, 1.807) is 0 Å². The average molecular weight is 431 g/mol. The average Bonchev–Trinajstić information content (AvgIpc) is 2.79. The molecule has 2 bridgehead atoms. The maximum absolute atomic E-state index is 13.4. The number of carbonyl (C=O) groups excluding carboxylic acids is 1. The van der Waals surface area contributed by atoms with Gasteiger partial charge in [-0.2, -0.15) is 0 Å². The Hall–Kier alpha value is -2.29. The second-order valence-corrected chi connectivity index (χ2v) is 11.4. The Kier molecular flexibility index (Phi) is 5.34. The molecule has 3 aliphatic carbocycles. The molecule has 1 saturated heterocycles. The van der Waals surface area contributed by atoms with Crippen molar-refractivity contribution < 1.29 is 4.79 Å². The fourth-order valence-corrected chi connectivity index (χ4v) is 7.02. The lowest BCUT2D eigenvalue weighted by atomic mass is 9.43. The van der Waals surface area contributed by atoms with Gasteiger partial charge in [0.25, 0.3) is 0 Å². The minimum Gasteiger partial charge on any atom is -0.378 e. The summed E-state index contributed by atoms with van der Waals surface area (Å²) in [7, 11) is 4.15. The van der Waals surface area contributed by atoms with E-state index in [0.29, 0.717) is 23.2 Å². The van der Waals surface area contributed by atoms with Crippen LogP contribution in [0.1, 0.15) is 50.8 Å². The number of hydrogen-bond acceptors (Lipinski definition) is 2. The topological polar surface area (TPSA) is 23.6 Å². The lowest BCUT2D eigenvalue weighted by molar-refractivity contribution is -0.168. The number of amides is 1. The summed E-state index contributed by atoms with van der Waals surface area (Å²) >= 11 is 0. The molecule has 3 nitrogen and oxygen atoms in total. The minimum atomic E-state index is 0.0486. The van der Waals surface area contributed by atoms with Crippen molar-refractivity contribution >= 4 is 11.6 Å². The minimum absolute atomic E-state index is 0.0486. The van der Waals surface area contributed by atoms with Crippen LogP contribution < -0.4 is 4.90 Å². The molecule has 32 heavy (non-hydrogen) atoms. The highest BCUT2D eigenvalue weighted by molar-refractivity contribution is 5.87.